The van der Waals surface area contributed by atoms with Crippen molar-refractivity contribution < 1.29 is 0 Å². The van der Waals surface area contributed by atoms with Crippen molar-refractivity contribution in [3.8, 4) is 27.9 Å². The van der Waals surface area contributed by atoms with Gasteiger partial charge in [0.05, 0.1) is 11.0 Å². The van der Waals surface area contributed by atoms with Crippen LogP contribution in [0.5, 0.6) is 0 Å². The Morgan fingerprint density at radius 3 is 1.32 bits per heavy atom. The lowest BCUT2D eigenvalue weighted by molar-refractivity contribution is 1.18. The Bertz CT molecular complexity index is 2100. The monoisotopic (exact) mass is 562 g/mol. The maximum atomic E-state index is 2.38. The number of anilines is 3. The van der Waals surface area contributed by atoms with E-state index in [0.717, 1.165) is 22.7 Å². The summed E-state index contributed by atoms with van der Waals surface area (Å²) in [7, 11) is 0. The van der Waals surface area contributed by atoms with Crippen LogP contribution in [0.15, 0.2) is 182 Å². The molecule has 1 aromatic heterocycles. The van der Waals surface area contributed by atoms with Crippen molar-refractivity contribution >= 4 is 38.9 Å². The Morgan fingerprint density at radius 1 is 0.318 bits per heavy atom. The summed E-state index contributed by atoms with van der Waals surface area (Å²) in [4.78, 5) is 2.36. The highest BCUT2D eigenvalue weighted by atomic mass is 15.1. The second-order valence-corrected chi connectivity index (χ2v) is 11.1. The summed E-state index contributed by atoms with van der Waals surface area (Å²) < 4.78 is 2.38. The molecule has 8 aromatic rings. The van der Waals surface area contributed by atoms with E-state index in [-0.39, 0.29) is 0 Å². The van der Waals surface area contributed by atoms with Gasteiger partial charge >= 0.3 is 0 Å². The molecule has 0 saturated heterocycles. The number of aromatic nitrogens is 1. The first-order valence-corrected chi connectivity index (χ1v) is 15.0. The van der Waals surface area contributed by atoms with Crippen molar-refractivity contribution in [2.24, 2.45) is 0 Å². The number of hydrogen-bond donors (Lipinski definition) is 0. The third-order valence-corrected chi connectivity index (χ3v) is 8.40. The molecule has 0 N–H and O–H groups in total. The molecule has 0 amide bonds. The topological polar surface area (TPSA) is 8.17 Å². The average molecular weight is 563 g/mol. The van der Waals surface area contributed by atoms with Crippen molar-refractivity contribution in [3.05, 3.63) is 182 Å². The fourth-order valence-electron chi connectivity index (χ4n) is 6.27. The summed E-state index contributed by atoms with van der Waals surface area (Å²) in [6, 6.07) is 65.1. The first-order valence-electron chi connectivity index (χ1n) is 15.0. The van der Waals surface area contributed by atoms with Crippen LogP contribution in [0.3, 0.4) is 0 Å². The van der Waals surface area contributed by atoms with E-state index in [4.69, 9.17) is 0 Å². The molecule has 44 heavy (non-hydrogen) atoms. The van der Waals surface area contributed by atoms with E-state index in [0.29, 0.717) is 0 Å². The Labute approximate surface area is 257 Å². The standard InChI is InChI=1S/C42H30N2/c1-4-12-31(13-5-1)33-20-24-36(25-21-33)43(37-26-22-34(23-27-37)32-14-6-2-7-15-32)38-28-29-40-39-18-10-11-19-41(39)44(42(40)30-38)35-16-8-3-9-17-35/h1-30H. The molecular weight excluding hydrogens is 532 g/mol. The van der Waals surface area contributed by atoms with E-state index >= 15 is 0 Å². The van der Waals surface area contributed by atoms with Crippen LogP contribution in [0.4, 0.5) is 17.1 Å². The number of nitrogens with zero attached hydrogens (tertiary/aromatic N) is 2. The summed E-state index contributed by atoms with van der Waals surface area (Å²) in [6.45, 7) is 0. The van der Waals surface area contributed by atoms with Crippen LogP contribution < -0.4 is 4.90 Å². The average Bonchev–Trinajstić information content (AvgIpc) is 3.44. The quantitative estimate of drug-likeness (QED) is 0.196. The van der Waals surface area contributed by atoms with Crippen LogP contribution in [0.25, 0.3) is 49.7 Å². The summed E-state index contributed by atoms with van der Waals surface area (Å²) in [5.74, 6) is 0. The molecule has 0 bridgehead atoms. The molecule has 0 aliphatic heterocycles. The lowest BCUT2D eigenvalue weighted by Crippen LogP contribution is -2.10. The van der Waals surface area contributed by atoms with Gasteiger partial charge in [0.2, 0.25) is 0 Å². The Kier molecular flexibility index (Phi) is 6.51. The van der Waals surface area contributed by atoms with Gasteiger partial charge in [-0.15, -0.1) is 0 Å². The molecule has 2 nitrogen and oxygen atoms in total. The van der Waals surface area contributed by atoms with Gasteiger partial charge in [-0.25, -0.2) is 0 Å². The summed E-state index contributed by atoms with van der Waals surface area (Å²) in [5, 5.41) is 2.50. The van der Waals surface area contributed by atoms with Crippen LogP contribution in [0.2, 0.25) is 0 Å². The number of rotatable bonds is 6. The molecule has 7 aromatic carbocycles. The SMILES string of the molecule is c1ccc(-c2ccc(N(c3ccc(-c4ccccc4)cc3)c3ccc4c5ccccc5n(-c5ccccc5)c4c3)cc2)cc1. The predicted molar refractivity (Wildman–Crippen MR) is 186 cm³/mol. The van der Waals surface area contributed by atoms with Gasteiger partial charge in [0.25, 0.3) is 0 Å². The second kappa shape index (κ2) is 11.1. The van der Waals surface area contributed by atoms with E-state index < -0.39 is 0 Å². The first-order chi connectivity index (χ1) is 21.8. The molecule has 0 aliphatic carbocycles. The maximum absolute atomic E-state index is 2.38. The molecule has 0 unspecified atom stereocenters. The lowest BCUT2D eigenvalue weighted by atomic mass is 10.0. The maximum Gasteiger partial charge on any atom is 0.0561 e. The van der Waals surface area contributed by atoms with E-state index in [1.807, 2.05) is 0 Å². The van der Waals surface area contributed by atoms with E-state index in [2.05, 4.69) is 191 Å². The minimum Gasteiger partial charge on any atom is -0.310 e. The number of hydrogen-bond acceptors (Lipinski definition) is 1. The van der Waals surface area contributed by atoms with Crippen molar-refractivity contribution in [2.45, 2.75) is 0 Å². The van der Waals surface area contributed by atoms with Gasteiger partial charge in [0.1, 0.15) is 0 Å². The van der Waals surface area contributed by atoms with Gasteiger partial charge in [0.15, 0.2) is 0 Å². The van der Waals surface area contributed by atoms with Gasteiger partial charge < -0.3 is 9.47 Å². The highest BCUT2D eigenvalue weighted by Gasteiger charge is 2.17. The van der Waals surface area contributed by atoms with Crippen molar-refractivity contribution in [3.63, 3.8) is 0 Å². The lowest BCUT2D eigenvalue weighted by Gasteiger charge is -2.26. The number of para-hydroxylation sites is 2. The zero-order valence-electron chi connectivity index (χ0n) is 24.2. The molecular formula is C42H30N2. The van der Waals surface area contributed by atoms with Crippen molar-refractivity contribution in [1.82, 2.24) is 4.57 Å². The normalized spacial score (nSPS) is 11.2. The third-order valence-electron chi connectivity index (χ3n) is 8.40. The van der Waals surface area contributed by atoms with Gasteiger partial charge in [-0.3, -0.25) is 0 Å². The fourth-order valence-corrected chi connectivity index (χ4v) is 6.27. The second-order valence-electron chi connectivity index (χ2n) is 11.1. The van der Waals surface area contributed by atoms with Crippen LogP contribution in [-0.4, -0.2) is 4.57 Å². The van der Waals surface area contributed by atoms with Crippen molar-refractivity contribution in [2.75, 3.05) is 4.90 Å². The van der Waals surface area contributed by atoms with Gasteiger partial charge in [0, 0.05) is 33.5 Å². The highest BCUT2D eigenvalue weighted by molar-refractivity contribution is 6.10. The molecule has 0 fully saturated rings. The molecule has 0 atom stereocenters. The Morgan fingerprint density at radius 2 is 0.750 bits per heavy atom. The first kappa shape index (κ1) is 25.8. The number of benzene rings is 7. The van der Waals surface area contributed by atoms with Crippen LogP contribution in [0, 0.1) is 0 Å². The fraction of sp³-hybridized carbons (Fsp3) is 0. The van der Waals surface area contributed by atoms with Crippen LogP contribution in [0.1, 0.15) is 0 Å². The van der Waals surface area contributed by atoms with Gasteiger partial charge in [-0.2, -0.15) is 0 Å². The Hall–Kier alpha value is -5.86. The molecule has 8 rings (SSSR count). The molecule has 0 aliphatic rings. The Balaban J connectivity index is 1.30. The van der Waals surface area contributed by atoms with Gasteiger partial charge in [-0.05, 0) is 76.9 Å². The highest BCUT2D eigenvalue weighted by Crippen LogP contribution is 2.40. The summed E-state index contributed by atoms with van der Waals surface area (Å²) in [6.07, 6.45) is 0. The molecule has 208 valence electrons. The van der Waals surface area contributed by atoms with Gasteiger partial charge in [-0.1, -0.05) is 127 Å². The number of fused-ring (bicyclic) bond motifs is 3. The smallest absolute Gasteiger partial charge is 0.0561 e. The minimum atomic E-state index is 1.11. The molecule has 0 spiro atoms. The minimum absolute atomic E-state index is 1.11. The van der Waals surface area contributed by atoms with E-state index in [1.54, 1.807) is 0 Å². The van der Waals surface area contributed by atoms with Crippen LogP contribution in [-0.2, 0) is 0 Å². The summed E-state index contributed by atoms with van der Waals surface area (Å²) >= 11 is 0. The molecule has 1 heterocycles. The van der Waals surface area contributed by atoms with Crippen LogP contribution >= 0.6 is 0 Å². The molecule has 0 radical (unpaired) electrons. The third kappa shape index (κ3) is 4.63. The summed E-state index contributed by atoms with van der Waals surface area (Å²) in [5.41, 5.74) is 11.7. The molecule has 0 saturated carbocycles. The van der Waals surface area contributed by atoms with E-state index in [9.17, 15) is 0 Å². The van der Waals surface area contributed by atoms with E-state index in [1.165, 1.54) is 44.1 Å². The largest absolute Gasteiger partial charge is 0.310 e. The van der Waals surface area contributed by atoms with Crippen molar-refractivity contribution in [1.29, 1.82) is 0 Å². The molecule has 2 heteroatoms. The zero-order chi connectivity index (χ0) is 29.3. The predicted octanol–water partition coefficient (Wildman–Crippen LogP) is 11.6. The zero-order valence-corrected chi connectivity index (χ0v) is 24.2.